The van der Waals surface area contributed by atoms with Gasteiger partial charge in [-0.15, -0.1) is 6.58 Å². The third-order valence-corrected chi connectivity index (χ3v) is 2.98. The standard InChI is InChI=1S/C15H15FN2O/c1-3-4-11(2)15-12(10-19)9-18(17-15)14-7-5-13(16)6-8-14/h3,5-11H,1,4H2,2H3. The minimum absolute atomic E-state index is 0.124. The van der Waals surface area contributed by atoms with E-state index in [4.69, 9.17) is 0 Å². The van der Waals surface area contributed by atoms with E-state index < -0.39 is 0 Å². The lowest BCUT2D eigenvalue weighted by atomic mass is 10.0. The molecule has 1 unspecified atom stereocenters. The lowest BCUT2D eigenvalue weighted by molar-refractivity contribution is 0.112. The second kappa shape index (κ2) is 5.61. The van der Waals surface area contributed by atoms with Crippen LogP contribution < -0.4 is 0 Å². The lowest BCUT2D eigenvalue weighted by Crippen LogP contribution is -1.99. The molecule has 0 saturated heterocycles. The summed E-state index contributed by atoms with van der Waals surface area (Å²) in [5, 5.41) is 4.41. The molecule has 98 valence electrons. The SMILES string of the molecule is C=CCC(C)c1nn(-c2ccc(F)cc2)cc1C=O. The Labute approximate surface area is 111 Å². The van der Waals surface area contributed by atoms with Gasteiger partial charge in [0.15, 0.2) is 6.29 Å². The normalized spacial score (nSPS) is 12.1. The number of rotatable bonds is 5. The van der Waals surface area contributed by atoms with Crippen molar-refractivity contribution in [1.82, 2.24) is 9.78 Å². The van der Waals surface area contributed by atoms with Gasteiger partial charge in [0.1, 0.15) is 5.82 Å². The van der Waals surface area contributed by atoms with Gasteiger partial charge < -0.3 is 0 Å². The Morgan fingerprint density at radius 3 is 2.68 bits per heavy atom. The van der Waals surface area contributed by atoms with Crippen LogP contribution >= 0.6 is 0 Å². The first-order chi connectivity index (χ1) is 9.15. The predicted molar refractivity (Wildman–Crippen MR) is 72.1 cm³/mol. The van der Waals surface area contributed by atoms with Crippen molar-refractivity contribution < 1.29 is 9.18 Å². The summed E-state index contributed by atoms with van der Waals surface area (Å²) in [6, 6.07) is 5.98. The second-order valence-corrected chi connectivity index (χ2v) is 4.43. The Morgan fingerprint density at radius 1 is 1.42 bits per heavy atom. The molecule has 0 aliphatic rings. The van der Waals surface area contributed by atoms with Gasteiger partial charge in [0, 0.05) is 12.1 Å². The Balaban J connectivity index is 2.40. The zero-order valence-electron chi connectivity index (χ0n) is 10.7. The molecular weight excluding hydrogens is 243 g/mol. The lowest BCUT2D eigenvalue weighted by Gasteiger charge is -2.05. The van der Waals surface area contributed by atoms with E-state index in [2.05, 4.69) is 11.7 Å². The van der Waals surface area contributed by atoms with Crippen LogP contribution in [0.25, 0.3) is 5.69 Å². The Kier molecular flexibility index (Phi) is 3.90. The third-order valence-electron chi connectivity index (χ3n) is 2.98. The average Bonchev–Trinajstić information content (AvgIpc) is 2.84. The summed E-state index contributed by atoms with van der Waals surface area (Å²) in [5.74, 6) is -0.175. The molecule has 0 aliphatic carbocycles. The Morgan fingerprint density at radius 2 is 2.11 bits per heavy atom. The monoisotopic (exact) mass is 258 g/mol. The zero-order chi connectivity index (χ0) is 13.8. The quantitative estimate of drug-likeness (QED) is 0.607. The number of halogens is 1. The van der Waals surface area contributed by atoms with Crippen molar-refractivity contribution in [3.05, 3.63) is 60.2 Å². The first-order valence-electron chi connectivity index (χ1n) is 6.07. The summed E-state index contributed by atoms with van der Waals surface area (Å²) in [5.41, 5.74) is 2.01. The fourth-order valence-corrected chi connectivity index (χ4v) is 1.96. The molecular formula is C15H15FN2O. The molecule has 2 rings (SSSR count). The highest BCUT2D eigenvalue weighted by atomic mass is 19.1. The van der Waals surface area contributed by atoms with Crippen LogP contribution in [0.1, 0.15) is 35.3 Å². The van der Waals surface area contributed by atoms with Gasteiger partial charge in [-0.05, 0) is 30.7 Å². The van der Waals surface area contributed by atoms with Crippen LogP contribution in [0.3, 0.4) is 0 Å². The van der Waals surface area contributed by atoms with Gasteiger partial charge in [0.25, 0.3) is 0 Å². The van der Waals surface area contributed by atoms with E-state index in [1.807, 2.05) is 6.92 Å². The van der Waals surface area contributed by atoms with Crippen molar-refractivity contribution in [3.63, 3.8) is 0 Å². The molecule has 0 spiro atoms. The van der Waals surface area contributed by atoms with Crippen LogP contribution in [-0.2, 0) is 0 Å². The van der Waals surface area contributed by atoms with Crippen molar-refractivity contribution in [2.24, 2.45) is 0 Å². The van der Waals surface area contributed by atoms with E-state index in [0.717, 1.165) is 24.1 Å². The number of hydrogen-bond donors (Lipinski definition) is 0. The van der Waals surface area contributed by atoms with Gasteiger partial charge in [-0.25, -0.2) is 9.07 Å². The van der Waals surface area contributed by atoms with Gasteiger partial charge in [-0.1, -0.05) is 13.0 Å². The van der Waals surface area contributed by atoms with E-state index >= 15 is 0 Å². The van der Waals surface area contributed by atoms with Crippen molar-refractivity contribution in [2.45, 2.75) is 19.3 Å². The molecule has 0 saturated carbocycles. The Bertz CT molecular complexity index is 587. The average molecular weight is 258 g/mol. The second-order valence-electron chi connectivity index (χ2n) is 4.43. The summed E-state index contributed by atoms with van der Waals surface area (Å²) < 4.78 is 14.5. The zero-order valence-corrected chi connectivity index (χ0v) is 10.7. The van der Waals surface area contributed by atoms with Crippen LogP contribution in [0.2, 0.25) is 0 Å². The molecule has 1 atom stereocenters. The molecule has 0 fully saturated rings. The highest BCUT2D eigenvalue weighted by Crippen LogP contribution is 2.22. The molecule has 2 aromatic rings. The van der Waals surface area contributed by atoms with Crippen LogP contribution in [0.4, 0.5) is 4.39 Å². The molecule has 19 heavy (non-hydrogen) atoms. The van der Waals surface area contributed by atoms with E-state index in [1.165, 1.54) is 12.1 Å². The number of hydrogen-bond acceptors (Lipinski definition) is 2. The van der Waals surface area contributed by atoms with Crippen molar-refractivity contribution >= 4 is 6.29 Å². The fourth-order valence-electron chi connectivity index (χ4n) is 1.96. The van der Waals surface area contributed by atoms with Crippen molar-refractivity contribution in [1.29, 1.82) is 0 Å². The maximum atomic E-state index is 12.9. The maximum Gasteiger partial charge on any atom is 0.153 e. The fraction of sp³-hybridized carbons (Fsp3) is 0.200. The number of carbonyl (C=O) groups is 1. The van der Waals surface area contributed by atoms with Crippen LogP contribution in [0.15, 0.2) is 43.1 Å². The number of nitrogens with zero attached hydrogens (tertiary/aromatic N) is 2. The minimum atomic E-state index is -0.299. The molecule has 0 N–H and O–H groups in total. The molecule has 0 bridgehead atoms. The highest BCUT2D eigenvalue weighted by Gasteiger charge is 2.15. The number of benzene rings is 1. The molecule has 1 aromatic carbocycles. The van der Waals surface area contributed by atoms with E-state index in [-0.39, 0.29) is 11.7 Å². The summed E-state index contributed by atoms with van der Waals surface area (Å²) in [6.45, 7) is 5.68. The molecule has 0 amide bonds. The first kappa shape index (κ1) is 13.2. The van der Waals surface area contributed by atoms with Crippen LogP contribution in [-0.4, -0.2) is 16.1 Å². The number of aromatic nitrogens is 2. The number of carbonyl (C=O) groups excluding carboxylic acids is 1. The summed E-state index contributed by atoms with van der Waals surface area (Å²) in [7, 11) is 0. The minimum Gasteiger partial charge on any atom is -0.298 e. The molecule has 1 aromatic heterocycles. The van der Waals surface area contributed by atoms with Crippen molar-refractivity contribution in [2.75, 3.05) is 0 Å². The Hall–Kier alpha value is -2.23. The summed E-state index contributed by atoms with van der Waals surface area (Å²) in [6.07, 6.45) is 5.01. The van der Waals surface area contributed by atoms with Crippen molar-refractivity contribution in [3.8, 4) is 5.69 Å². The molecule has 0 aliphatic heterocycles. The summed E-state index contributed by atoms with van der Waals surface area (Å²) >= 11 is 0. The van der Waals surface area contributed by atoms with Gasteiger partial charge in [-0.2, -0.15) is 5.10 Å². The van der Waals surface area contributed by atoms with E-state index in [1.54, 1.807) is 29.1 Å². The number of allylic oxidation sites excluding steroid dienone is 1. The largest absolute Gasteiger partial charge is 0.298 e. The molecule has 4 heteroatoms. The van der Waals surface area contributed by atoms with E-state index in [0.29, 0.717) is 5.56 Å². The smallest absolute Gasteiger partial charge is 0.153 e. The van der Waals surface area contributed by atoms with Crippen LogP contribution in [0, 0.1) is 5.82 Å². The first-order valence-corrected chi connectivity index (χ1v) is 6.07. The molecule has 1 heterocycles. The van der Waals surface area contributed by atoms with E-state index in [9.17, 15) is 9.18 Å². The van der Waals surface area contributed by atoms with Crippen LogP contribution in [0.5, 0.6) is 0 Å². The topological polar surface area (TPSA) is 34.9 Å². The molecule has 0 radical (unpaired) electrons. The summed E-state index contributed by atoms with van der Waals surface area (Å²) in [4.78, 5) is 11.1. The van der Waals surface area contributed by atoms with Gasteiger partial charge in [-0.3, -0.25) is 4.79 Å². The predicted octanol–water partition coefficient (Wildman–Crippen LogP) is 3.50. The highest BCUT2D eigenvalue weighted by molar-refractivity contribution is 5.76. The molecule has 3 nitrogen and oxygen atoms in total. The maximum absolute atomic E-state index is 12.9. The third kappa shape index (κ3) is 2.78. The van der Waals surface area contributed by atoms with Gasteiger partial charge >= 0.3 is 0 Å². The number of aldehydes is 1. The van der Waals surface area contributed by atoms with Gasteiger partial charge in [0.2, 0.25) is 0 Å². The van der Waals surface area contributed by atoms with Gasteiger partial charge in [0.05, 0.1) is 16.9 Å².